The number of aromatic nitrogens is 3. The SMILES string of the molecule is CN1CC2(CCN(S(=O)(=O)c3cn(C)cn3)CC2)CC1C(=O)NCc1ccccn1. The van der Waals surface area contributed by atoms with Crippen molar-refractivity contribution >= 4 is 15.9 Å². The van der Waals surface area contributed by atoms with Gasteiger partial charge >= 0.3 is 0 Å². The molecule has 0 bridgehead atoms. The minimum absolute atomic E-state index is 0.00330. The van der Waals surface area contributed by atoms with Crippen LogP contribution < -0.4 is 5.32 Å². The van der Waals surface area contributed by atoms with Crippen molar-refractivity contribution in [3.05, 3.63) is 42.6 Å². The molecule has 2 saturated heterocycles. The lowest BCUT2D eigenvalue weighted by Gasteiger charge is -2.38. The van der Waals surface area contributed by atoms with Gasteiger partial charge in [-0.3, -0.25) is 14.7 Å². The van der Waals surface area contributed by atoms with E-state index in [0.29, 0.717) is 19.6 Å². The topological polar surface area (TPSA) is 100 Å². The zero-order valence-electron chi connectivity index (χ0n) is 17.4. The predicted molar refractivity (Wildman–Crippen MR) is 111 cm³/mol. The lowest BCUT2D eigenvalue weighted by Crippen LogP contribution is -2.44. The molecule has 9 nitrogen and oxygen atoms in total. The van der Waals surface area contributed by atoms with Crippen LogP contribution in [0.15, 0.2) is 41.9 Å². The number of amides is 1. The van der Waals surface area contributed by atoms with E-state index in [0.717, 1.165) is 31.5 Å². The van der Waals surface area contributed by atoms with E-state index in [1.165, 1.54) is 16.8 Å². The Morgan fingerprint density at radius 1 is 1.23 bits per heavy atom. The molecule has 1 unspecified atom stereocenters. The molecule has 2 aliphatic heterocycles. The van der Waals surface area contributed by atoms with Gasteiger partial charge in [0.2, 0.25) is 5.91 Å². The first-order chi connectivity index (χ1) is 14.3. The number of carbonyl (C=O) groups is 1. The van der Waals surface area contributed by atoms with E-state index in [1.54, 1.807) is 17.8 Å². The minimum atomic E-state index is -3.57. The number of nitrogens with zero attached hydrogens (tertiary/aromatic N) is 5. The largest absolute Gasteiger partial charge is 0.349 e. The molecule has 0 aromatic carbocycles. The fraction of sp³-hybridized carbons (Fsp3) is 0.550. The van der Waals surface area contributed by atoms with Gasteiger partial charge in [-0.05, 0) is 43.9 Å². The highest BCUT2D eigenvalue weighted by Gasteiger charge is 2.48. The van der Waals surface area contributed by atoms with E-state index >= 15 is 0 Å². The molecule has 0 saturated carbocycles. The summed E-state index contributed by atoms with van der Waals surface area (Å²) in [5.74, 6) is 0.00330. The van der Waals surface area contributed by atoms with Crippen molar-refractivity contribution in [3.8, 4) is 0 Å². The Bertz CT molecular complexity index is 999. The van der Waals surface area contributed by atoms with Gasteiger partial charge < -0.3 is 9.88 Å². The van der Waals surface area contributed by atoms with E-state index in [9.17, 15) is 13.2 Å². The third kappa shape index (κ3) is 4.12. The van der Waals surface area contributed by atoms with Crippen LogP contribution in [-0.2, 0) is 28.4 Å². The van der Waals surface area contributed by atoms with Gasteiger partial charge in [0.05, 0.1) is 24.6 Å². The van der Waals surface area contributed by atoms with Crippen molar-refractivity contribution in [2.45, 2.75) is 36.9 Å². The van der Waals surface area contributed by atoms with Gasteiger partial charge in [-0.2, -0.15) is 4.31 Å². The Morgan fingerprint density at radius 3 is 2.63 bits per heavy atom. The van der Waals surface area contributed by atoms with Crippen LogP contribution in [0.2, 0.25) is 0 Å². The quantitative estimate of drug-likeness (QED) is 0.743. The number of hydrogen-bond acceptors (Lipinski definition) is 6. The Labute approximate surface area is 177 Å². The highest BCUT2D eigenvalue weighted by atomic mass is 32.2. The van der Waals surface area contributed by atoms with Crippen molar-refractivity contribution in [1.29, 1.82) is 0 Å². The molecule has 4 heterocycles. The Morgan fingerprint density at radius 2 is 2.00 bits per heavy atom. The van der Waals surface area contributed by atoms with Crippen molar-refractivity contribution in [2.24, 2.45) is 12.5 Å². The molecule has 2 aromatic rings. The molecule has 1 N–H and O–H groups in total. The molecular weight excluding hydrogens is 404 g/mol. The third-order valence-electron chi connectivity index (χ3n) is 6.28. The molecule has 1 spiro atoms. The third-order valence-corrected chi connectivity index (χ3v) is 8.07. The zero-order chi connectivity index (χ0) is 21.4. The number of pyridine rings is 1. The maximum absolute atomic E-state index is 12.8. The first kappa shape index (κ1) is 21.0. The maximum Gasteiger partial charge on any atom is 0.262 e. The summed E-state index contributed by atoms with van der Waals surface area (Å²) in [7, 11) is 0.155. The first-order valence-corrected chi connectivity index (χ1v) is 11.6. The maximum atomic E-state index is 12.8. The Balaban J connectivity index is 1.36. The average molecular weight is 433 g/mol. The number of sulfonamides is 1. The van der Waals surface area contributed by atoms with Crippen LogP contribution in [0.5, 0.6) is 0 Å². The second-order valence-electron chi connectivity index (χ2n) is 8.46. The summed E-state index contributed by atoms with van der Waals surface area (Å²) in [5, 5.41) is 3.08. The molecule has 10 heteroatoms. The number of imidazole rings is 1. The molecule has 30 heavy (non-hydrogen) atoms. The number of likely N-dealkylation sites (tertiary alicyclic amines) is 1. The number of nitrogens with one attached hydrogen (secondary N) is 1. The van der Waals surface area contributed by atoms with Gasteiger partial charge in [0, 0.05) is 39.1 Å². The van der Waals surface area contributed by atoms with Crippen molar-refractivity contribution in [3.63, 3.8) is 0 Å². The zero-order valence-corrected chi connectivity index (χ0v) is 18.2. The molecule has 0 aliphatic carbocycles. The van der Waals surface area contributed by atoms with Crippen LogP contribution >= 0.6 is 0 Å². The molecule has 2 aliphatic rings. The van der Waals surface area contributed by atoms with Crippen LogP contribution in [0.1, 0.15) is 25.0 Å². The van der Waals surface area contributed by atoms with Gasteiger partial charge in [-0.1, -0.05) is 6.07 Å². The summed E-state index contributed by atoms with van der Waals surface area (Å²) in [5.41, 5.74) is 0.798. The van der Waals surface area contributed by atoms with E-state index in [1.807, 2.05) is 25.2 Å². The predicted octanol–water partition coefficient (Wildman–Crippen LogP) is 0.607. The second kappa shape index (κ2) is 8.09. The first-order valence-electron chi connectivity index (χ1n) is 10.2. The number of hydrogen-bond donors (Lipinski definition) is 1. The molecule has 4 rings (SSSR count). The smallest absolute Gasteiger partial charge is 0.262 e. The fourth-order valence-electron chi connectivity index (χ4n) is 4.58. The van der Waals surface area contributed by atoms with Gasteiger partial charge in [0.1, 0.15) is 0 Å². The minimum Gasteiger partial charge on any atom is -0.349 e. The van der Waals surface area contributed by atoms with Crippen LogP contribution in [0.4, 0.5) is 0 Å². The number of piperidine rings is 1. The van der Waals surface area contributed by atoms with Gasteiger partial charge in [-0.15, -0.1) is 0 Å². The molecule has 1 amide bonds. The second-order valence-corrected chi connectivity index (χ2v) is 10.3. The molecule has 2 aromatic heterocycles. The van der Waals surface area contributed by atoms with Crippen LogP contribution in [0.25, 0.3) is 0 Å². The van der Waals surface area contributed by atoms with Crippen LogP contribution in [-0.4, -0.2) is 70.8 Å². The average Bonchev–Trinajstić information content (AvgIpc) is 3.31. The summed E-state index contributed by atoms with van der Waals surface area (Å²) >= 11 is 0. The number of carbonyl (C=O) groups excluding carboxylic acids is 1. The van der Waals surface area contributed by atoms with Crippen molar-refractivity contribution in [1.82, 2.24) is 29.1 Å². The lowest BCUT2D eigenvalue weighted by molar-refractivity contribution is -0.125. The van der Waals surface area contributed by atoms with Crippen LogP contribution in [0.3, 0.4) is 0 Å². The highest BCUT2D eigenvalue weighted by molar-refractivity contribution is 7.89. The normalized spacial score (nSPS) is 22.4. The van der Waals surface area contributed by atoms with Crippen molar-refractivity contribution < 1.29 is 13.2 Å². The van der Waals surface area contributed by atoms with E-state index < -0.39 is 10.0 Å². The van der Waals surface area contributed by atoms with Crippen LogP contribution in [0, 0.1) is 5.41 Å². The Kier molecular flexibility index (Phi) is 5.65. The molecule has 1 atom stereocenters. The van der Waals surface area contributed by atoms with E-state index in [2.05, 4.69) is 20.2 Å². The van der Waals surface area contributed by atoms with Gasteiger partial charge in [0.15, 0.2) is 5.03 Å². The van der Waals surface area contributed by atoms with Crippen molar-refractivity contribution in [2.75, 3.05) is 26.7 Å². The monoisotopic (exact) mass is 432 g/mol. The van der Waals surface area contributed by atoms with E-state index in [4.69, 9.17) is 0 Å². The number of rotatable bonds is 5. The summed E-state index contributed by atoms with van der Waals surface area (Å²) in [4.78, 5) is 23.1. The summed E-state index contributed by atoms with van der Waals surface area (Å²) < 4.78 is 28.8. The molecule has 0 radical (unpaired) electrons. The molecule has 2 fully saturated rings. The highest BCUT2D eigenvalue weighted by Crippen LogP contribution is 2.43. The molecular formula is C20H28N6O3S. The lowest BCUT2D eigenvalue weighted by atomic mass is 9.77. The number of likely N-dealkylation sites (N-methyl/N-ethyl adjacent to an activating group) is 1. The van der Waals surface area contributed by atoms with Gasteiger partial charge in [-0.25, -0.2) is 13.4 Å². The fourth-order valence-corrected chi connectivity index (χ4v) is 5.99. The van der Waals surface area contributed by atoms with E-state index in [-0.39, 0.29) is 22.4 Å². The summed E-state index contributed by atoms with van der Waals surface area (Å²) in [6.07, 6.45) is 6.98. The van der Waals surface area contributed by atoms with Gasteiger partial charge in [0.25, 0.3) is 10.0 Å². The Hall–Kier alpha value is -2.30. The summed E-state index contributed by atoms with van der Waals surface area (Å²) in [6.45, 7) is 2.11. The molecule has 162 valence electrons. The summed E-state index contributed by atoms with van der Waals surface area (Å²) in [6, 6.07) is 5.43. The number of aryl methyl sites for hydroxylation is 1. The standard InChI is InChI=1S/C20H28N6O3S/c1-24-13-18(23-15-24)30(28,29)26-9-6-20(7-10-26)11-17(25(2)14-20)19(27)22-12-16-5-3-4-8-21-16/h3-5,8,13,15,17H,6-7,9-12,14H2,1-2H3,(H,22,27).